The Morgan fingerprint density at radius 2 is 1.78 bits per heavy atom. The molecule has 0 aliphatic rings. The number of thiazole rings is 1. The van der Waals surface area contributed by atoms with Crippen LogP contribution in [0.5, 0.6) is 0 Å². The SMILES string of the molecule is Cc1nc(N)sc1Cc1ccc(C(C)(C)C)cc1. The summed E-state index contributed by atoms with van der Waals surface area (Å²) in [7, 11) is 0. The lowest BCUT2D eigenvalue weighted by Gasteiger charge is -2.19. The number of nitrogen functional groups attached to an aromatic ring is 1. The van der Waals surface area contributed by atoms with Crippen LogP contribution in [0.3, 0.4) is 0 Å². The third-order valence-corrected chi connectivity index (χ3v) is 4.08. The summed E-state index contributed by atoms with van der Waals surface area (Å²) in [6.07, 6.45) is 0.922. The molecule has 0 bridgehead atoms. The van der Waals surface area contributed by atoms with Crippen molar-refractivity contribution in [3.63, 3.8) is 0 Å². The molecule has 1 aromatic carbocycles. The van der Waals surface area contributed by atoms with Crippen LogP contribution < -0.4 is 5.73 Å². The van der Waals surface area contributed by atoms with Gasteiger partial charge in [-0.15, -0.1) is 11.3 Å². The first-order valence-corrected chi connectivity index (χ1v) is 6.99. The van der Waals surface area contributed by atoms with Crippen molar-refractivity contribution in [3.8, 4) is 0 Å². The molecule has 96 valence electrons. The van der Waals surface area contributed by atoms with Crippen LogP contribution in [0.15, 0.2) is 24.3 Å². The third-order valence-electron chi connectivity index (χ3n) is 3.09. The molecule has 0 saturated carbocycles. The molecule has 2 rings (SSSR count). The fourth-order valence-corrected chi connectivity index (χ4v) is 2.79. The van der Waals surface area contributed by atoms with Gasteiger partial charge in [-0.1, -0.05) is 45.0 Å². The molecule has 2 N–H and O–H groups in total. The Morgan fingerprint density at radius 3 is 2.22 bits per heavy atom. The zero-order chi connectivity index (χ0) is 13.3. The number of aryl methyl sites for hydroxylation is 1. The number of nitrogens with zero attached hydrogens (tertiary/aromatic N) is 1. The van der Waals surface area contributed by atoms with Crippen molar-refractivity contribution < 1.29 is 0 Å². The van der Waals surface area contributed by atoms with Crippen molar-refractivity contribution in [2.24, 2.45) is 0 Å². The summed E-state index contributed by atoms with van der Waals surface area (Å²) >= 11 is 1.59. The Bertz CT molecular complexity index is 533. The summed E-state index contributed by atoms with van der Waals surface area (Å²) in [5.74, 6) is 0. The summed E-state index contributed by atoms with van der Waals surface area (Å²) in [4.78, 5) is 5.52. The van der Waals surface area contributed by atoms with E-state index in [9.17, 15) is 0 Å². The highest BCUT2D eigenvalue weighted by Crippen LogP contribution is 2.25. The molecule has 2 aromatic rings. The van der Waals surface area contributed by atoms with Crippen LogP contribution in [0.4, 0.5) is 5.13 Å². The molecule has 0 atom stereocenters. The van der Waals surface area contributed by atoms with Crippen LogP contribution in [0.25, 0.3) is 0 Å². The molecular formula is C15H20N2S. The van der Waals surface area contributed by atoms with E-state index < -0.39 is 0 Å². The zero-order valence-electron chi connectivity index (χ0n) is 11.4. The highest BCUT2D eigenvalue weighted by molar-refractivity contribution is 7.15. The molecule has 1 aromatic heterocycles. The lowest BCUT2D eigenvalue weighted by atomic mass is 9.86. The second-order valence-corrected chi connectivity index (χ2v) is 6.80. The fourth-order valence-electron chi connectivity index (χ4n) is 1.92. The first kappa shape index (κ1) is 13.1. The fraction of sp³-hybridized carbons (Fsp3) is 0.400. The maximum atomic E-state index is 5.72. The largest absolute Gasteiger partial charge is 0.375 e. The quantitative estimate of drug-likeness (QED) is 0.888. The average molecular weight is 260 g/mol. The van der Waals surface area contributed by atoms with E-state index in [1.54, 1.807) is 11.3 Å². The van der Waals surface area contributed by atoms with Gasteiger partial charge in [0, 0.05) is 11.3 Å². The maximum Gasteiger partial charge on any atom is 0.180 e. The predicted octanol–water partition coefficient (Wildman–Crippen LogP) is 3.92. The predicted molar refractivity (Wildman–Crippen MR) is 79.2 cm³/mol. The second kappa shape index (κ2) is 4.73. The number of hydrogen-bond donors (Lipinski definition) is 1. The molecule has 18 heavy (non-hydrogen) atoms. The number of aromatic nitrogens is 1. The van der Waals surface area contributed by atoms with Gasteiger partial charge in [-0.3, -0.25) is 0 Å². The summed E-state index contributed by atoms with van der Waals surface area (Å²) in [5.41, 5.74) is 9.67. The van der Waals surface area contributed by atoms with Crippen molar-refractivity contribution in [3.05, 3.63) is 46.0 Å². The van der Waals surface area contributed by atoms with Gasteiger partial charge in [0.15, 0.2) is 5.13 Å². The molecule has 0 spiro atoms. The van der Waals surface area contributed by atoms with Crippen molar-refractivity contribution in [1.29, 1.82) is 0 Å². The van der Waals surface area contributed by atoms with Gasteiger partial charge in [-0.2, -0.15) is 0 Å². The number of nitrogens with two attached hydrogens (primary N) is 1. The molecule has 0 aliphatic carbocycles. The van der Waals surface area contributed by atoms with E-state index >= 15 is 0 Å². The van der Waals surface area contributed by atoms with E-state index in [1.165, 1.54) is 16.0 Å². The van der Waals surface area contributed by atoms with Gasteiger partial charge in [0.25, 0.3) is 0 Å². The van der Waals surface area contributed by atoms with Crippen LogP contribution in [-0.4, -0.2) is 4.98 Å². The smallest absolute Gasteiger partial charge is 0.180 e. The molecule has 0 amide bonds. The lowest BCUT2D eigenvalue weighted by Crippen LogP contribution is -2.10. The lowest BCUT2D eigenvalue weighted by molar-refractivity contribution is 0.590. The summed E-state index contributed by atoms with van der Waals surface area (Å²) in [6, 6.07) is 8.84. The average Bonchev–Trinajstić information content (AvgIpc) is 2.57. The molecule has 0 unspecified atom stereocenters. The second-order valence-electron chi connectivity index (χ2n) is 5.68. The topological polar surface area (TPSA) is 38.9 Å². The van der Waals surface area contributed by atoms with Crippen LogP contribution in [0, 0.1) is 6.92 Å². The minimum absolute atomic E-state index is 0.212. The van der Waals surface area contributed by atoms with Gasteiger partial charge in [-0.05, 0) is 23.5 Å². The first-order chi connectivity index (χ1) is 8.36. The number of hydrogen-bond acceptors (Lipinski definition) is 3. The van der Waals surface area contributed by atoms with Crippen LogP contribution in [0.1, 0.15) is 42.5 Å². The van der Waals surface area contributed by atoms with E-state index in [0.29, 0.717) is 5.13 Å². The number of rotatable bonds is 2. The van der Waals surface area contributed by atoms with Crippen molar-refractivity contribution in [2.45, 2.75) is 39.5 Å². The molecule has 0 radical (unpaired) electrons. The minimum atomic E-state index is 0.212. The van der Waals surface area contributed by atoms with Crippen molar-refractivity contribution in [1.82, 2.24) is 4.98 Å². The van der Waals surface area contributed by atoms with Gasteiger partial charge in [0.2, 0.25) is 0 Å². The Labute approximate surface area is 113 Å². The number of benzene rings is 1. The van der Waals surface area contributed by atoms with Crippen LogP contribution in [-0.2, 0) is 11.8 Å². The molecule has 1 heterocycles. The minimum Gasteiger partial charge on any atom is -0.375 e. The molecule has 0 fully saturated rings. The summed E-state index contributed by atoms with van der Waals surface area (Å²) in [6.45, 7) is 8.72. The van der Waals surface area contributed by atoms with Crippen molar-refractivity contribution >= 4 is 16.5 Å². The van der Waals surface area contributed by atoms with Gasteiger partial charge in [0.05, 0.1) is 5.69 Å². The number of anilines is 1. The zero-order valence-corrected chi connectivity index (χ0v) is 12.3. The Hall–Kier alpha value is -1.35. The van der Waals surface area contributed by atoms with Crippen molar-refractivity contribution in [2.75, 3.05) is 5.73 Å². The summed E-state index contributed by atoms with van der Waals surface area (Å²) < 4.78 is 0. The first-order valence-electron chi connectivity index (χ1n) is 6.17. The maximum absolute atomic E-state index is 5.72. The van der Waals surface area contributed by atoms with Crippen LogP contribution in [0.2, 0.25) is 0 Å². The standard InChI is InChI=1S/C15H20N2S/c1-10-13(18-14(16)17-10)9-11-5-7-12(8-6-11)15(2,3)4/h5-8H,9H2,1-4H3,(H2,16,17). The highest BCUT2D eigenvalue weighted by Gasteiger charge is 2.13. The molecule has 3 heteroatoms. The van der Waals surface area contributed by atoms with E-state index in [-0.39, 0.29) is 5.41 Å². The molecule has 0 aliphatic heterocycles. The summed E-state index contributed by atoms with van der Waals surface area (Å²) in [5, 5.41) is 0.661. The van der Waals surface area contributed by atoms with Gasteiger partial charge >= 0.3 is 0 Å². The normalized spacial score (nSPS) is 11.8. The van der Waals surface area contributed by atoms with Gasteiger partial charge in [0.1, 0.15) is 0 Å². The molecular weight excluding hydrogens is 240 g/mol. The monoisotopic (exact) mass is 260 g/mol. The Kier molecular flexibility index (Phi) is 3.44. The highest BCUT2D eigenvalue weighted by atomic mass is 32.1. The van der Waals surface area contributed by atoms with Crippen LogP contribution >= 0.6 is 11.3 Å². The molecule has 0 saturated heterocycles. The third kappa shape index (κ3) is 2.91. The van der Waals surface area contributed by atoms with E-state index in [4.69, 9.17) is 5.73 Å². The molecule has 2 nitrogen and oxygen atoms in total. The van der Waals surface area contributed by atoms with E-state index in [0.717, 1.165) is 12.1 Å². The Balaban J connectivity index is 2.18. The van der Waals surface area contributed by atoms with Gasteiger partial charge in [-0.25, -0.2) is 4.98 Å². The van der Waals surface area contributed by atoms with E-state index in [2.05, 4.69) is 50.0 Å². The van der Waals surface area contributed by atoms with Gasteiger partial charge < -0.3 is 5.73 Å². The Morgan fingerprint density at radius 1 is 1.17 bits per heavy atom. The van der Waals surface area contributed by atoms with E-state index in [1.807, 2.05) is 6.92 Å².